The van der Waals surface area contributed by atoms with E-state index in [-0.39, 0.29) is 0 Å². The molecule has 0 radical (unpaired) electrons. The number of hydrogen-bond acceptors (Lipinski definition) is 6. The summed E-state index contributed by atoms with van der Waals surface area (Å²) in [5.74, 6) is 0.704. The van der Waals surface area contributed by atoms with Gasteiger partial charge in [0.1, 0.15) is 7.11 Å². The van der Waals surface area contributed by atoms with Gasteiger partial charge in [0.05, 0.1) is 17.1 Å². The van der Waals surface area contributed by atoms with Gasteiger partial charge < -0.3 is 10.6 Å². The van der Waals surface area contributed by atoms with Gasteiger partial charge >= 0.3 is 0 Å². The van der Waals surface area contributed by atoms with Gasteiger partial charge in [-0.2, -0.15) is 0 Å². The molecule has 2 aromatic rings. The quantitative estimate of drug-likeness (QED) is 0.862. The van der Waals surface area contributed by atoms with E-state index in [0.29, 0.717) is 11.9 Å². The monoisotopic (exact) mass is 288 g/mol. The van der Waals surface area contributed by atoms with Crippen LogP contribution in [0.1, 0.15) is 34.2 Å². The van der Waals surface area contributed by atoms with Crippen LogP contribution in [0.15, 0.2) is 22.7 Å². The molecule has 2 aromatic heterocycles. The maximum absolute atomic E-state index is 5.78. The molecule has 0 saturated heterocycles. The van der Waals surface area contributed by atoms with E-state index in [4.69, 9.17) is 10.6 Å². The molecule has 0 fully saturated rings. The number of hydrogen-bond donors (Lipinski definition) is 1. The zero-order chi connectivity index (χ0) is 14.1. The first kappa shape index (κ1) is 13.1. The predicted molar refractivity (Wildman–Crippen MR) is 80.1 cm³/mol. The van der Waals surface area contributed by atoms with Crippen molar-refractivity contribution >= 4 is 23.0 Å². The van der Waals surface area contributed by atoms with Gasteiger partial charge in [0.25, 0.3) is 0 Å². The molecule has 6 heteroatoms. The molecule has 3 rings (SSSR count). The molecule has 0 aromatic carbocycles. The Kier molecular flexibility index (Phi) is 3.40. The average molecular weight is 288 g/mol. The molecule has 1 aliphatic carbocycles. The first-order valence-electron chi connectivity index (χ1n) is 6.45. The highest BCUT2D eigenvalue weighted by Crippen LogP contribution is 2.35. The summed E-state index contributed by atoms with van der Waals surface area (Å²) in [6.45, 7) is 1.94. The molecule has 104 valence electrons. The zero-order valence-electron chi connectivity index (χ0n) is 11.5. The van der Waals surface area contributed by atoms with Crippen LogP contribution in [0.25, 0.3) is 0 Å². The fourth-order valence-corrected chi connectivity index (χ4v) is 3.57. The van der Waals surface area contributed by atoms with Crippen molar-refractivity contribution in [2.24, 2.45) is 5.16 Å². The lowest BCUT2D eigenvalue weighted by molar-refractivity contribution is 0.212. The second-order valence-corrected chi connectivity index (χ2v) is 5.81. The number of rotatable bonds is 2. The molecule has 0 amide bonds. The topological polar surface area (TPSA) is 73.4 Å². The van der Waals surface area contributed by atoms with Crippen LogP contribution < -0.4 is 5.73 Å². The van der Waals surface area contributed by atoms with E-state index in [1.54, 1.807) is 18.4 Å². The van der Waals surface area contributed by atoms with E-state index in [1.807, 2.05) is 6.92 Å². The summed E-state index contributed by atoms with van der Waals surface area (Å²) in [6, 6.07) is 4.23. The molecule has 0 spiro atoms. The number of thiophene rings is 1. The van der Waals surface area contributed by atoms with Gasteiger partial charge in [-0.3, -0.25) is 0 Å². The van der Waals surface area contributed by atoms with Crippen LogP contribution in [0.2, 0.25) is 0 Å². The van der Waals surface area contributed by atoms with Gasteiger partial charge in [-0.1, -0.05) is 11.2 Å². The summed E-state index contributed by atoms with van der Waals surface area (Å²) in [5, 5.41) is 6.27. The van der Waals surface area contributed by atoms with Crippen molar-refractivity contribution in [3.8, 4) is 0 Å². The van der Waals surface area contributed by atoms with Gasteiger partial charge in [0.15, 0.2) is 0 Å². The molecule has 0 aliphatic heterocycles. The molecule has 0 saturated carbocycles. The van der Waals surface area contributed by atoms with Gasteiger partial charge in [0, 0.05) is 22.8 Å². The summed E-state index contributed by atoms with van der Waals surface area (Å²) >= 11 is 1.76. The minimum atomic E-state index is 0.324. The average Bonchev–Trinajstić information content (AvgIpc) is 2.91. The van der Waals surface area contributed by atoms with Crippen LogP contribution in [0, 0.1) is 6.92 Å². The maximum atomic E-state index is 5.78. The Morgan fingerprint density at radius 3 is 2.95 bits per heavy atom. The van der Waals surface area contributed by atoms with Crippen molar-refractivity contribution in [1.82, 2.24) is 9.97 Å². The van der Waals surface area contributed by atoms with Crippen molar-refractivity contribution in [3.05, 3.63) is 39.3 Å². The molecule has 0 bridgehead atoms. The summed E-state index contributed by atoms with van der Waals surface area (Å²) in [5.41, 5.74) is 9.51. The largest absolute Gasteiger partial charge is 0.399 e. The lowest BCUT2D eigenvalue weighted by Crippen LogP contribution is -2.23. The predicted octanol–water partition coefficient (Wildman–Crippen LogP) is 2.51. The zero-order valence-corrected chi connectivity index (χ0v) is 12.3. The van der Waals surface area contributed by atoms with Crippen LogP contribution in [0.5, 0.6) is 0 Å². The Morgan fingerprint density at radius 1 is 1.40 bits per heavy atom. The second kappa shape index (κ2) is 5.20. The van der Waals surface area contributed by atoms with Crippen LogP contribution in [0.4, 0.5) is 5.95 Å². The Hall–Kier alpha value is -1.95. The number of nitrogens with zero attached hydrogens (tertiary/aromatic N) is 3. The number of anilines is 1. The lowest BCUT2D eigenvalue weighted by Gasteiger charge is -2.25. The maximum Gasteiger partial charge on any atom is 0.220 e. The Labute approximate surface area is 121 Å². The van der Waals surface area contributed by atoms with Crippen molar-refractivity contribution in [2.45, 2.75) is 25.7 Å². The SMILES string of the molecule is CO/N=C1\CC(c2cccs2)Cc2nc(N)nc(C)c21. The van der Waals surface area contributed by atoms with Crippen LogP contribution in [-0.4, -0.2) is 22.8 Å². The number of nitrogen functional groups attached to an aromatic ring is 1. The smallest absolute Gasteiger partial charge is 0.220 e. The fraction of sp³-hybridized carbons (Fsp3) is 0.357. The van der Waals surface area contributed by atoms with Gasteiger partial charge in [0.2, 0.25) is 5.95 Å². The number of aryl methyl sites for hydroxylation is 1. The van der Waals surface area contributed by atoms with E-state index in [0.717, 1.165) is 35.5 Å². The van der Waals surface area contributed by atoms with Crippen LogP contribution in [-0.2, 0) is 11.3 Å². The first-order chi connectivity index (χ1) is 9.69. The standard InChI is InChI=1S/C14H16N4OS/c1-8-13-10(17-14(15)16-8)6-9(7-11(13)18-19-2)12-4-3-5-20-12/h3-5,9H,6-7H2,1-2H3,(H2,15,16,17)/b18-11+. The van der Waals surface area contributed by atoms with Gasteiger partial charge in [-0.25, -0.2) is 9.97 Å². The number of aromatic nitrogens is 2. The number of fused-ring (bicyclic) bond motifs is 1. The first-order valence-corrected chi connectivity index (χ1v) is 7.33. The fourth-order valence-electron chi connectivity index (χ4n) is 2.74. The Balaban J connectivity index is 2.08. The Morgan fingerprint density at radius 2 is 2.25 bits per heavy atom. The third kappa shape index (κ3) is 2.27. The summed E-state index contributed by atoms with van der Waals surface area (Å²) < 4.78 is 0. The van der Waals surface area contributed by atoms with Crippen LogP contribution in [0.3, 0.4) is 0 Å². The molecule has 1 atom stereocenters. The summed E-state index contributed by atoms with van der Waals surface area (Å²) in [4.78, 5) is 15.0. The molecule has 2 heterocycles. The van der Waals surface area contributed by atoms with Crippen LogP contribution >= 0.6 is 11.3 Å². The van der Waals surface area contributed by atoms with E-state index < -0.39 is 0 Å². The second-order valence-electron chi connectivity index (χ2n) is 4.83. The van der Waals surface area contributed by atoms with E-state index in [1.165, 1.54) is 4.88 Å². The Bertz CT molecular complexity index is 651. The lowest BCUT2D eigenvalue weighted by atomic mass is 9.84. The third-order valence-corrected chi connectivity index (χ3v) is 4.53. The highest BCUT2D eigenvalue weighted by Gasteiger charge is 2.29. The molecule has 5 nitrogen and oxygen atoms in total. The third-order valence-electron chi connectivity index (χ3n) is 3.50. The minimum Gasteiger partial charge on any atom is -0.399 e. The van der Waals surface area contributed by atoms with Crippen molar-refractivity contribution in [1.29, 1.82) is 0 Å². The molecular weight excluding hydrogens is 272 g/mol. The van der Waals surface area contributed by atoms with Gasteiger partial charge in [-0.15, -0.1) is 11.3 Å². The van der Waals surface area contributed by atoms with E-state index in [2.05, 4.69) is 32.6 Å². The minimum absolute atomic E-state index is 0.324. The molecule has 1 aliphatic rings. The highest BCUT2D eigenvalue weighted by molar-refractivity contribution is 7.10. The van der Waals surface area contributed by atoms with Crippen molar-refractivity contribution < 1.29 is 4.84 Å². The molecule has 20 heavy (non-hydrogen) atoms. The highest BCUT2D eigenvalue weighted by atomic mass is 32.1. The molecular formula is C14H16N4OS. The number of oxime groups is 1. The van der Waals surface area contributed by atoms with E-state index >= 15 is 0 Å². The normalized spacial score (nSPS) is 19.9. The summed E-state index contributed by atoms with van der Waals surface area (Å²) in [7, 11) is 1.56. The summed E-state index contributed by atoms with van der Waals surface area (Å²) in [6.07, 6.45) is 1.71. The van der Waals surface area contributed by atoms with Crippen molar-refractivity contribution in [3.63, 3.8) is 0 Å². The van der Waals surface area contributed by atoms with E-state index in [9.17, 15) is 0 Å². The number of nitrogens with two attached hydrogens (primary N) is 1. The molecule has 2 N–H and O–H groups in total. The van der Waals surface area contributed by atoms with Crippen molar-refractivity contribution in [2.75, 3.05) is 12.8 Å². The van der Waals surface area contributed by atoms with Gasteiger partial charge in [-0.05, 0) is 24.8 Å². The molecule has 1 unspecified atom stereocenters.